The van der Waals surface area contributed by atoms with E-state index in [4.69, 9.17) is 17.2 Å². The summed E-state index contributed by atoms with van der Waals surface area (Å²) >= 11 is 1.31. The monoisotopic (exact) mass is 1220 g/mol. The number of benzene rings is 2. The zero-order valence-corrected chi connectivity index (χ0v) is 48.0. The van der Waals surface area contributed by atoms with Crippen LogP contribution in [0.4, 0.5) is 0 Å². The Kier molecular flexibility index (Phi) is 27.1. The molecule has 2 heterocycles. The standard InChI is InChI=1S/C51H72N12O17S3/c1-24(64)40-49(77)62-41(25(2)65)50(78)63-17-4-5-37(63)48(76)59-35(21-39(54)69)46(74)58-33(19-26-6-10-28(66)11-7-26)45(73)60-36(51(79)80)23-83-82-22-30(52)42(70)55-32(16-18-81-3)44(72)56-31(14-15-38(53)68)43(71)57-34(47(75)61-40)20-27-8-12-29(67)13-9-27/h6-13,24-25,30-37,40-41,64-67H,4-5,14-23,52H2,1-3H3,(H2,53,68)(H2,54,69)(H,55,70)(H,56,72)(H,57,71)(H,58,74)(H,59,76)(H,60,73)(H,61,75)(H,62,77)(H,79,80)/t24-,25-,30+,31+,32+,33+,34+,35+,36+,37+,40+,41+/m1/s1. The van der Waals surface area contributed by atoms with Crippen LogP contribution < -0.4 is 59.7 Å². The van der Waals surface area contributed by atoms with Crippen LogP contribution in [-0.2, 0) is 70.4 Å². The lowest BCUT2D eigenvalue weighted by atomic mass is 10.0. The molecule has 0 spiro atoms. The zero-order valence-electron chi connectivity index (χ0n) is 45.6. The average Bonchev–Trinajstić information content (AvgIpc) is 4.18. The smallest absolute Gasteiger partial charge is 0.327 e. The van der Waals surface area contributed by atoms with Crippen molar-refractivity contribution in [3.05, 3.63) is 59.7 Å². The molecule has 2 fully saturated rings. The molecule has 11 amide bonds. The van der Waals surface area contributed by atoms with Crippen molar-refractivity contribution in [1.29, 1.82) is 0 Å². The number of carbonyl (C=O) groups is 12. The van der Waals surface area contributed by atoms with Crippen molar-refractivity contribution >= 4 is 104 Å². The molecule has 29 nitrogen and oxygen atoms in total. The lowest BCUT2D eigenvalue weighted by Crippen LogP contribution is -2.63. The number of phenols is 2. The Hall–Kier alpha value is -7.39. The Morgan fingerprint density at radius 1 is 0.602 bits per heavy atom. The third-order valence-electron chi connectivity index (χ3n) is 13.1. The van der Waals surface area contributed by atoms with Crippen LogP contribution in [0, 0.1) is 0 Å². The number of rotatable bonds is 15. The molecule has 32 heteroatoms. The van der Waals surface area contributed by atoms with E-state index in [-0.39, 0.29) is 61.7 Å². The molecule has 2 aliphatic heterocycles. The molecule has 2 aromatic rings. The fourth-order valence-electron chi connectivity index (χ4n) is 8.52. The highest BCUT2D eigenvalue weighted by atomic mass is 33.1. The number of hydrogen-bond acceptors (Lipinski definition) is 20. The molecule has 0 aliphatic carbocycles. The number of aliphatic carboxylic acids is 1. The number of nitrogens with two attached hydrogens (primary N) is 3. The number of aliphatic hydroxyl groups excluding tert-OH is 2. The fourth-order valence-corrected chi connectivity index (χ4v) is 11.3. The molecule has 83 heavy (non-hydrogen) atoms. The minimum atomic E-state index is -1.93. The van der Waals surface area contributed by atoms with Gasteiger partial charge in [0.2, 0.25) is 65.0 Å². The molecular formula is C51H72N12O17S3. The van der Waals surface area contributed by atoms with Gasteiger partial charge in [-0.3, -0.25) is 52.7 Å². The summed E-state index contributed by atoms with van der Waals surface area (Å²) in [6.45, 7) is 2.08. The molecule has 0 radical (unpaired) electrons. The Bertz CT molecular complexity index is 2660. The Morgan fingerprint density at radius 2 is 1.06 bits per heavy atom. The van der Waals surface area contributed by atoms with E-state index in [1.165, 1.54) is 60.3 Å². The summed E-state index contributed by atoms with van der Waals surface area (Å²) in [6.07, 6.45) is -4.07. The van der Waals surface area contributed by atoms with E-state index in [2.05, 4.69) is 42.5 Å². The quantitative estimate of drug-likeness (QED) is 0.0744. The average molecular weight is 1220 g/mol. The molecule has 0 unspecified atom stereocenters. The summed E-state index contributed by atoms with van der Waals surface area (Å²) in [7, 11) is 1.82. The number of carboxylic acid groups (broad SMARTS) is 1. The molecule has 2 aromatic carbocycles. The van der Waals surface area contributed by atoms with Gasteiger partial charge in [0.05, 0.1) is 24.7 Å². The van der Waals surface area contributed by atoms with Crippen molar-refractivity contribution in [2.45, 2.75) is 138 Å². The Balaban J connectivity index is 1.78. The van der Waals surface area contributed by atoms with Crippen LogP contribution in [0.3, 0.4) is 0 Å². The van der Waals surface area contributed by atoms with E-state index >= 15 is 0 Å². The van der Waals surface area contributed by atoms with Crippen LogP contribution in [0.1, 0.15) is 63.5 Å². The van der Waals surface area contributed by atoms with Crippen LogP contribution in [0.2, 0.25) is 0 Å². The molecule has 4 rings (SSSR count). The molecule has 2 aliphatic rings. The number of aromatic hydroxyl groups is 2. The summed E-state index contributed by atoms with van der Waals surface area (Å²) in [5, 5.41) is 71.4. The van der Waals surface area contributed by atoms with Gasteiger partial charge in [-0.25, -0.2) is 4.79 Å². The fraction of sp³-hybridized carbons (Fsp3) is 0.529. The number of phenolic OH excluding ortho intramolecular Hbond substituents is 2. The molecule has 12 atom stereocenters. The molecule has 0 aromatic heterocycles. The summed E-state index contributed by atoms with van der Waals surface area (Å²) in [5.74, 6) is -13.5. The second kappa shape index (κ2) is 33.0. The van der Waals surface area contributed by atoms with Crippen molar-refractivity contribution in [2.75, 3.05) is 30.1 Å². The van der Waals surface area contributed by atoms with Crippen molar-refractivity contribution in [1.82, 2.24) is 47.4 Å². The van der Waals surface area contributed by atoms with E-state index in [1.54, 1.807) is 6.26 Å². The molecular weight excluding hydrogens is 1150 g/mol. The van der Waals surface area contributed by atoms with Gasteiger partial charge in [0.25, 0.3) is 0 Å². The third kappa shape index (κ3) is 21.7. The number of thioether (sulfide) groups is 1. The van der Waals surface area contributed by atoms with Gasteiger partial charge < -0.3 is 90.2 Å². The van der Waals surface area contributed by atoms with Gasteiger partial charge in [-0.15, -0.1) is 0 Å². The summed E-state index contributed by atoms with van der Waals surface area (Å²) in [4.78, 5) is 165. The van der Waals surface area contributed by atoms with E-state index in [9.17, 15) is 83.1 Å². The van der Waals surface area contributed by atoms with E-state index in [0.29, 0.717) is 16.9 Å². The molecule has 456 valence electrons. The highest BCUT2D eigenvalue weighted by molar-refractivity contribution is 8.76. The van der Waals surface area contributed by atoms with Crippen LogP contribution in [0.25, 0.3) is 0 Å². The first-order valence-electron chi connectivity index (χ1n) is 26.1. The van der Waals surface area contributed by atoms with Gasteiger partial charge in [0.15, 0.2) is 0 Å². The number of primary amides is 2. The van der Waals surface area contributed by atoms with Crippen molar-refractivity contribution in [3.63, 3.8) is 0 Å². The SMILES string of the molecule is CSCC[C@@H]1NC(=O)[C@@H](N)CSSC[C@@H](C(=O)O)NC(=O)[C@H](Cc2ccc(O)cc2)NC(=O)[C@H](CC(N)=O)NC(=O)[C@@H]2CCCN2C(=O)[C@H]([C@@H](C)O)NC(=O)[C@H]([C@@H](C)O)NC(=O)[C@H](Cc2ccc(O)cc2)NC(=O)[C@H](CCC(N)=O)NC1=O. The normalized spacial score (nSPS) is 26.3. The minimum Gasteiger partial charge on any atom is -0.508 e. The van der Waals surface area contributed by atoms with E-state index in [1.807, 2.05) is 0 Å². The van der Waals surface area contributed by atoms with Gasteiger partial charge in [-0.05, 0) is 86.9 Å². The first-order chi connectivity index (χ1) is 39.2. The maximum Gasteiger partial charge on any atom is 0.327 e. The summed E-state index contributed by atoms with van der Waals surface area (Å²) < 4.78 is 0. The van der Waals surface area contributed by atoms with Crippen LogP contribution in [-0.4, -0.2) is 204 Å². The number of fused-ring (bicyclic) bond motifs is 1. The molecule has 19 N–H and O–H groups in total. The maximum atomic E-state index is 14.3. The zero-order chi connectivity index (χ0) is 61.7. The number of carboxylic acids is 1. The van der Waals surface area contributed by atoms with Crippen molar-refractivity contribution in [2.24, 2.45) is 17.2 Å². The largest absolute Gasteiger partial charge is 0.508 e. The molecule has 0 saturated carbocycles. The lowest BCUT2D eigenvalue weighted by molar-refractivity contribution is -0.145. The minimum absolute atomic E-state index is 0.0130. The highest BCUT2D eigenvalue weighted by Gasteiger charge is 2.43. The van der Waals surface area contributed by atoms with Crippen LogP contribution in [0.15, 0.2) is 48.5 Å². The predicted molar refractivity (Wildman–Crippen MR) is 303 cm³/mol. The highest BCUT2D eigenvalue weighted by Crippen LogP contribution is 2.24. The first-order valence-corrected chi connectivity index (χ1v) is 30.0. The van der Waals surface area contributed by atoms with E-state index < -0.39 is 163 Å². The number of hydrogen-bond donors (Lipinski definition) is 16. The Labute approximate surface area is 489 Å². The number of nitrogens with zero attached hydrogens (tertiary/aromatic N) is 1. The van der Waals surface area contributed by atoms with E-state index in [0.717, 1.165) is 40.3 Å². The Morgan fingerprint density at radius 3 is 1.57 bits per heavy atom. The van der Waals surface area contributed by atoms with Gasteiger partial charge in [0.1, 0.15) is 65.9 Å². The second-order valence-corrected chi connectivity index (χ2v) is 23.3. The van der Waals surface area contributed by atoms with Crippen molar-refractivity contribution < 1.29 is 83.1 Å². The van der Waals surface area contributed by atoms with Crippen LogP contribution >= 0.6 is 33.3 Å². The topological polar surface area (TPSA) is 484 Å². The number of nitrogens with one attached hydrogen (secondary N) is 8. The summed E-state index contributed by atoms with van der Waals surface area (Å²) in [5.41, 5.74) is 17.8. The van der Waals surface area contributed by atoms with Gasteiger partial charge in [-0.1, -0.05) is 45.9 Å². The van der Waals surface area contributed by atoms with Gasteiger partial charge in [0, 0.05) is 37.3 Å². The lowest BCUT2D eigenvalue weighted by Gasteiger charge is -2.32. The van der Waals surface area contributed by atoms with Crippen molar-refractivity contribution in [3.8, 4) is 11.5 Å². The summed E-state index contributed by atoms with van der Waals surface area (Å²) in [6, 6.07) is -5.48. The molecule has 0 bridgehead atoms. The third-order valence-corrected chi connectivity index (χ3v) is 16.2. The first kappa shape index (κ1) is 68.1. The van der Waals surface area contributed by atoms with Gasteiger partial charge in [-0.2, -0.15) is 11.8 Å². The number of aliphatic hydroxyl groups is 2. The van der Waals surface area contributed by atoms with Gasteiger partial charge >= 0.3 is 5.97 Å². The predicted octanol–water partition coefficient (Wildman–Crippen LogP) is -4.79. The number of amides is 11. The second-order valence-electron chi connectivity index (χ2n) is 19.7. The van der Waals surface area contributed by atoms with Crippen LogP contribution in [0.5, 0.6) is 11.5 Å². The molecule has 2 saturated heterocycles. The number of carbonyl (C=O) groups excluding carboxylic acids is 11. The maximum absolute atomic E-state index is 14.3.